The molecule has 0 aliphatic rings. The van der Waals surface area contributed by atoms with Gasteiger partial charge >= 0.3 is 0 Å². The summed E-state index contributed by atoms with van der Waals surface area (Å²) in [5.41, 5.74) is 1.36. The van der Waals surface area contributed by atoms with Crippen molar-refractivity contribution in [2.75, 3.05) is 45.7 Å². The van der Waals surface area contributed by atoms with Crippen molar-refractivity contribution in [1.29, 1.82) is 0 Å². The molecule has 0 aliphatic heterocycles. The van der Waals surface area contributed by atoms with Crippen LogP contribution in [-0.2, 0) is 6.42 Å². The molecule has 1 aromatic rings. The van der Waals surface area contributed by atoms with Gasteiger partial charge in [-0.1, -0.05) is 30.3 Å². The van der Waals surface area contributed by atoms with Gasteiger partial charge in [0, 0.05) is 19.1 Å². The van der Waals surface area contributed by atoms with Gasteiger partial charge in [-0.3, -0.25) is 4.99 Å². The number of hydrogen-bond acceptors (Lipinski definition) is 3. The van der Waals surface area contributed by atoms with Gasteiger partial charge in [-0.15, -0.1) is 24.0 Å². The molecule has 0 spiro atoms. The molecule has 0 radical (unpaired) electrons. The number of hydrogen-bond donors (Lipinski definition) is 2. The smallest absolute Gasteiger partial charge is 0.191 e. The van der Waals surface area contributed by atoms with Gasteiger partial charge in [-0.05, 0) is 57.9 Å². The number of benzene rings is 1. The molecule has 1 atom stereocenters. The Morgan fingerprint density at radius 1 is 1.16 bits per heavy atom. The van der Waals surface area contributed by atoms with Crippen molar-refractivity contribution in [1.82, 2.24) is 15.5 Å². The number of guanidine groups is 1. The summed E-state index contributed by atoms with van der Waals surface area (Å²) in [6, 6.07) is 11.1. The Kier molecular flexibility index (Phi) is 15.5. The predicted molar refractivity (Wildman–Crippen MR) is 125 cm³/mol. The van der Waals surface area contributed by atoms with Crippen molar-refractivity contribution >= 4 is 41.7 Å². The number of aliphatic imine (C=N–C) groups is 1. The van der Waals surface area contributed by atoms with Crippen LogP contribution in [0.3, 0.4) is 0 Å². The van der Waals surface area contributed by atoms with E-state index in [1.807, 2.05) is 11.8 Å². The summed E-state index contributed by atoms with van der Waals surface area (Å²) in [5, 5.41) is 6.80. The molecule has 25 heavy (non-hydrogen) atoms. The van der Waals surface area contributed by atoms with Crippen molar-refractivity contribution in [3.63, 3.8) is 0 Å². The summed E-state index contributed by atoms with van der Waals surface area (Å²) in [7, 11) is 4.26. The van der Waals surface area contributed by atoms with Crippen molar-refractivity contribution < 1.29 is 0 Å². The maximum atomic E-state index is 4.80. The highest BCUT2D eigenvalue weighted by Gasteiger charge is 2.12. The summed E-state index contributed by atoms with van der Waals surface area (Å²) >= 11 is 1.91. The zero-order valence-corrected chi connectivity index (χ0v) is 19.3. The minimum Gasteiger partial charge on any atom is -0.357 e. The molecule has 0 fully saturated rings. The third-order valence-corrected chi connectivity index (χ3v) is 4.61. The lowest BCUT2D eigenvalue weighted by Crippen LogP contribution is -2.40. The van der Waals surface area contributed by atoms with E-state index in [-0.39, 0.29) is 24.0 Å². The molecule has 1 unspecified atom stereocenters. The van der Waals surface area contributed by atoms with Crippen molar-refractivity contribution in [2.24, 2.45) is 4.99 Å². The molecule has 0 bridgehead atoms. The van der Waals surface area contributed by atoms with Gasteiger partial charge in [0.15, 0.2) is 5.96 Å². The molecule has 0 aliphatic carbocycles. The zero-order chi connectivity index (χ0) is 17.6. The second-order valence-corrected chi connectivity index (χ2v) is 7.14. The third kappa shape index (κ3) is 11.7. The van der Waals surface area contributed by atoms with Crippen LogP contribution in [0.25, 0.3) is 0 Å². The molecule has 0 amide bonds. The van der Waals surface area contributed by atoms with Crippen LogP contribution in [0, 0.1) is 0 Å². The first-order chi connectivity index (χ1) is 11.7. The molecule has 0 heterocycles. The van der Waals surface area contributed by atoms with Crippen LogP contribution in [0.5, 0.6) is 0 Å². The summed E-state index contributed by atoms with van der Waals surface area (Å²) in [6.45, 7) is 4.78. The summed E-state index contributed by atoms with van der Waals surface area (Å²) in [4.78, 5) is 7.06. The van der Waals surface area contributed by atoms with Crippen LogP contribution in [0.15, 0.2) is 35.3 Å². The minimum absolute atomic E-state index is 0. The molecule has 1 rings (SSSR count). The van der Waals surface area contributed by atoms with Crippen LogP contribution < -0.4 is 10.6 Å². The number of thioether (sulfide) groups is 1. The van der Waals surface area contributed by atoms with E-state index in [1.54, 1.807) is 0 Å². The van der Waals surface area contributed by atoms with Crippen LogP contribution in [0.4, 0.5) is 0 Å². The van der Waals surface area contributed by atoms with E-state index >= 15 is 0 Å². The quantitative estimate of drug-likeness (QED) is 0.221. The lowest BCUT2D eigenvalue weighted by molar-refractivity contribution is 0.298. The standard InChI is InChI=1S/C19H34N4S.HI/c1-5-20-19(21-13-9-10-14-24-4)22-16-18(23(2)3)15-17-11-7-6-8-12-17;/h6-8,11-12,18H,5,9-10,13-16H2,1-4H3,(H2,20,21,22);1H. The van der Waals surface area contributed by atoms with Gasteiger partial charge in [-0.2, -0.15) is 11.8 Å². The zero-order valence-electron chi connectivity index (χ0n) is 16.1. The van der Waals surface area contributed by atoms with E-state index in [1.165, 1.54) is 24.2 Å². The highest BCUT2D eigenvalue weighted by Crippen LogP contribution is 2.07. The van der Waals surface area contributed by atoms with Gasteiger partial charge in [0.25, 0.3) is 0 Å². The fraction of sp³-hybridized carbons (Fsp3) is 0.632. The lowest BCUT2D eigenvalue weighted by atomic mass is 10.1. The molecule has 0 saturated carbocycles. The lowest BCUT2D eigenvalue weighted by Gasteiger charge is -2.23. The molecule has 4 nitrogen and oxygen atoms in total. The molecule has 144 valence electrons. The molecule has 0 aromatic heterocycles. The minimum atomic E-state index is 0. The Morgan fingerprint density at radius 2 is 1.88 bits per heavy atom. The van der Waals surface area contributed by atoms with Crippen LogP contribution in [0.2, 0.25) is 0 Å². The maximum absolute atomic E-state index is 4.80. The topological polar surface area (TPSA) is 39.7 Å². The van der Waals surface area contributed by atoms with Gasteiger partial charge in [0.05, 0.1) is 6.54 Å². The number of rotatable bonds is 11. The molecular weight excluding hydrogens is 443 g/mol. The van der Waals surface area contributed by atoms with Crippen LogP contribution in [0.1, 0.15) is 25.3 Å². The van der Waals surface area contributed by atoms with Crippen molar-refractivity contribution in [2.45, 2.75) is 32.2 Å². The number of nitrogens with one attached hydrogen (secondary N) is 2. The highest BCUT2D eigenvalue weighted by atomic mass is 127. The van der Waals surface area contributed by atoms with Crippen LogP contribution >= 0.6 is 35.7 Å². The molecule has 6 heteroatoms. The average Bonchev–Trinajstić information content (AvgIpc) is 2.58. The summed E-state index contributed by atoms with van der Waals surface area (Å²) < 4.78 is 0. The SMILES string of the molecule is CCNC(=NCC(Cc1ccccc1)N(C)C)NCCCCSC.I. The largest absolute Gasteiger partial charge is 0.357 e. The number of nitrogens with zero attached hydrogens (tertiary/aromatic N) is 2. The first kappa shape index (κ1) is 24.5. The Hall–Kier alpha value is -0.470. The molecule has 2 N–H and O–H groups in total. The molecule has 0 saturated heterocycles. The van der Waals surface area contributed by atoms with E-state index in [9.17, 15) is 0 Å². The van der Waals surface area contributed by atoms with Gasteiger partial charge in [0.2, 0.25) is 0 Å². The fourth-order valence-electron chi connectivity index (χ4n) is 2.41. The molecule has 1 aromatic carbocycles. The highest BCUT2D eigenvalue weighted by molar-refractivity contribution is 14.0. The van der Waals surface area contributed by atoms with Crippen molar-refractivity contribution in [3.8, 4) is 0 Å². The monoisotopic (exact) mass is 478 g/mol. The average molecular weight is 478 g/mol. The van der Waals surface area contributed by atoms with Gasteiger partial charge in [-0.25, -0.2) is 0 Å². The fourth-order valence-corrected chi connectivity index (χ4v) is 2.91. The summed E-state index contributed by atoms with van der Waals surface area (Å²) in [6.07, 6.45) is 5.62. The number of likely N-dealkylation sites (N-methyl/N-ethyl adjacent to an activating group) is 1. The first-order valence-corrected chi connectivity index (χ1v) is 10.3. The Balaban J connectivity index is 0.00000576. The second kappa shape index (κ2) is 15.8. The number of unbranched alkanes of at least 4 members (excludes halogenated alkanes) is 1. The second-order valence-electron chi connectivity index (χ2n) is 6.15. The van der Waals surface area contributed by atoms with E-state index in [2.05, 4.69) is 73.1 Å². The van der Waals surface area contributed by atoms with Crippen LogP contribution in [-0.4, -0.2) is 62.6 Å². The van der Waals surface area contributed by atoms with E-state index < -0.39 is 0 Å². The normalized spacial score (nSPS) is 12.6. The Bertz CT molecular complexity index is 454. The Morgan fingerprint density at radius 3 is 2.48 bits per heavy atom. The van der Waals surface area contributed by atoms with Crippen molar-refractivity contribution in [3.05, 3.63) is 35.9 Å². The maximum Gasteiger partial charge on any atom is 0.191 e. The number of halogens is 1. The third-order valence-electron chi connectivity index (χ3n) is 3.92. The van der Waals surface area contributed by atoms with Gasteiger partial charge < -0.3 is 15.5 Å². The van der Waals surface area contributed by atoms with E-state index in [0.29, 0.717) is 6.04 Å². The summed E-state index contributed by atoms with van der Waals surface area (Å²) in [5.74, 6) is 2.16. The van der Waals surface area contributed by atoms with E-state index in [0.717, 1.165) is 32.0 Å². The Labute approximate surface area is 175 Å². The van der Waals surface area contributed by atoms with E-state index in [4.69, 9.17) is 4.99 Å². The van der Waals surface area contributed by atoms with Gasteiger partial charge in [0.1, 0.15) is 0 Å². The first-order valence-electron chi connectivity index (χ1n) is 8.88. The predicted octanol–water partition coefficient (Wildman–Crippen LogP) is 3.48. The molecular formula is C19H35IN4S.